The number of carbonyl (C=O) groups is 2. The summed E-state index contributed by atoms with van der Waals surface area (Å²) >= 11 is 0. The number of nitrogens with one attached hydrogen (secondary N) is 2. The highest BCUT2D eigenvalue weighted by molar-refractivity contribution is 5.89. The Morgan fingerprint density at radius 2 is 2.12 bits per heavy atom. The number of nitrogens with zero attached hydrogens (tertiary/aromatic N) is 2. The summed E-state index contributed by atoms with van der Waals surface area (Å²) in [7, 11) is 1.69. The van der Waals surface area contributed by atoms with Crippen molar-refractivity contribution in [3.63, 3.8) is 0 Å². The van der Waals surface area contributed by atoms with Crippen LogP contribution in [0, 0.1) is 11.7 Å². The lowest BCUT2D eigenvalue weighted by Crippen LogP contribution is -2.43. The largest absolute Gasteiger partial charge is 0.367 e. The first-order chi connectivity index (χ1) is 11.5. The number of hydrogen-bond donors (Lipinski definition) is 2. The van der Waals surface area contributed by atoms with Gasteiger partial charge in [0.05, 0.1) is 11.6 Å². The normalized spacial score (nSPS) is 21.2. The van der Waals surface area contributed by atoms with Crippen molar-refractivity contribution in [2.24, 2.45) is 5.92 Å². The van der Waals surface area contributed by atoms with Crippen LogP contribution in [0.25, 0.3) is 0 Å². The Morgan fingerprint density at radius 3 is 2.75 bits per heavy atom. The van der Waals surface area contributed by atoms with Crippen molar-refractivity contribution >= 4 is 17.5 Å². The maximum Gasteiger partial charge on any atom is 0.225 e. The number of piperazine rings is 1. The van der Waals surface area contributed by atoms with Gasteiger partial charge in [0.15, 0.2) is 0 Å². The number of carbonyl (C=O) groups excluding carboxylic acids is 2. The maximum absolute atomic E-state index is 14.3. The summed E-state index contributed by atoms with van der Waals surface area (Å²) in [6.45, 7) is 4.00. The first-order valence-electron chi connectivity index (χ1n) is 8.30. The predicted molar refractivity (Wildman–Crippen MR) is 89.1 cm³/mol. The molecule has 1 aromatic rings. The van der Waals surface area contributed by atoms with E-state index in [0.717, 1.165) is 31.7 Å². The molecule has 24 heavy (non-hydrogen) atoms. The number of anilines is 1. The monoisotopic (exact) mass is 334 g/mol. The van der Waals surface area contributed by atoms with E-state index in [9.17, 15) is 14.0 Å². The van der Waals surface area contributed by atoms with Crippen LogP contribution in [0.5, 0.6) is 0 Å². The molecule has 2 fully saturated rings. The van der Waals surface area contributed by atoms with Crippen LogP contribution < -0.4 is 15.5 Å². The second-order valence-corrected chi connectivity index (χ2v) is 6.42. The van der Waals surface area contributed by atoms with Gasteiger partial charge in [0.2, 0.25) is 11.8 Å². The minimum Gasteiger partial charge on any atom is -0.367 e. The quantitative estimate of drug-likeness (QED) is 0.833. The molecular formula is C17H23FN4O2. The number of benzene rings is 1. The van der Waals surface area contributed by atoms with Gasteiger partial charge < -0.3 is 20.4 Å². The van der Waals surface area contributed by atoms with E-state index in [0.29, 0.717) is 12.2 Å². The average molecular weight is 334 g/mol. The Kier molecular flexibility index (Phi) is 4.99. The van der Waals surface area contributed by atoms with Crippen LogP contribution in [0.1, 0.15) is 12.0 Å². The van der Waals surface area contributed by atoms with Gasteiger partial charge in [-0.1, -0.05) is 6.07 Å². The predicted octanol–water partition coefficient (Wildman–Crippen LogP) is 0.330. The molecule has 2 amide bonds. The summed E-state index contributed by atoms with van der Waals surface area (Å²) in [6, 6.07) is 5.09. The third kappa shape index (κ3) is 3.67. The van der Waals surface area contributed by atoms with Crippen molar-refractivity contribution in [2.45, 2.75) is 13.0 Å². The Balaban J connectivity index is 1.57. The zero-order chi connectivity index (χ0) is 17.1. The fraction of sp³-hybridized carbons (Fsp3) is 0.529. The summed E-state index contributed by atoms with van der Waals surface area (Å²) in [5.41, 5.74) is 1.33. The Bertz CT molecular complexity index is 631. The molecule has 0 saturated carbocycles. The summed E-state index contributed by atoms with van der Waals surface area (Å²) < 4.78 is 14.3. The molecule has 0 aliphatic carbocycles. The molecule has 2 aliphatic heterocycles. The third-order valence-electron chi connectivity index (χ3n) is 4.65. The molecule has 2 N–H and O–H groups in total. The SMILES string of the molecule is CN1CC(C(=O)NCc2ccc(N3CCNCC3)c(F)c2)CC1=O. The highest BCUT2D eigenvalue weighted by Gasteiger charge is 2.31. The molecule has 0 spiro atoms. The second-order valence-electron chi connectivity index (χ2n) is 6.42. The van der Waals surface area contributed by atoms with Gasteiger partial charge in [0.1, 0.15) is 5.82 Å². The molecular weight excluding hydrogens is 311 g/mol. The van der Waals surface area contributed by atoms with Gasteiger partial charge in [0, 0.05) is 52.7 Å². The molecule has 0 radical (unpaired) electrons. The molecule has 3 rings (SSSR count). The number of hydrogen-bond acceptors (Lipinski definition) is 4. The van der Waals surface area contributed by atoms with Gasteiger partial charge in [-0.25, -0.2) is 4.39 Å². The smallest absolute Gasteiger partial charge is 0.225 e. The van der Waals surface area contributed by atoms with Gasteiger partial charge in [0.25, 0.3) is 0 Å². The van der Waals surface area contributed by atoms with Gasteiger partial charge in [-0.15, -0.1) is 0 Å². The van der Waals surface area contributed by atoms with Crippen LogP contribution in [-0.4, -0.2) is 56.5 Å². The van der Waals surface area contributed by atoms with E-state index in [-0.39, 0.29) is 36.5 Å². The third-order valence-corrected chi connectivity index (χ3v) is 4.65. The molecule has 0 aromatic heterocycles. The molecule has 6 nitrogen and oxygen atoms in total. The average Bonchev–Trinajstić information content (AvgIpc) is 2.93. The first-order valence-corrected chi connectivity index (χ1v) is 8.30. The number of likely N-dealkylation sites (tertiary alicyclic amines) is 1. The van der Waals surface area contributed by atoms with Gasteiger partial charge in [-0.3, -0.25) is 9.59 Å². The second kappa shape index (κ2) is 7.17. The van der Waals surface area contributed by atoms with Crippen LogP contribution in [-0.2, 0) is 16.1 Å². The molecule has 1 atom stereocenters. The van der Waals surface area contributed by atoms with Crippen molar-refractivity contribution in [3.8, 4) is 0 Å². The fourth-order valence-electron chi connectivity index (χ4n) is 3.20. The van der Waals surface area contributed by atoms with Gasteiger partial charge in [-0.05, 0) is 17.7 Å². The number of halogens is 1. The Morgan fingerprint density at radius 1 is 1.38 bits per heavy atom. The maximum atomic E-state index is 14.3. The van der Waals surface area contributed by atoms with E-state index in [1.165, 1.54) is 6.07 Å². The fourth-order valence-corrected chi connectivity index (χ4v) is 3.20. The Hall–Kier alpha value is -2.15. The lowest BCUT2D eigenvalue weighted by molar-refractivity contribution is -0.128. The minimum atomic E-state index is -0.313. The van der Waals surface area contributed by atoms with Crippen LogP contribution >= 0.6 is 0 Å². The summed E-state index contributed by atoms with van der Waals surface area (Å²) in [5.74, 6) is -0.743. The van der Waals surface area contributed by atoms with E-state index < -0.39 is 0 Å². The van der Waals surface area contributed by atoms with Crippen LogP contribution in [0.4, 0.5) is 10.1 Å². The van der Waals surface area contributed by atoms with Crippen LogP contribution in [0.2, 0.25) is 0 Å². The minimum absolute atomic E-state index is 0.0124. The number of rotatable bonds is 4. The number of amides is 2. The van der Waals surface area contributed by atoms with E-state index in [2.05, 4.69) is 10.6 Å². The topological polar surface area (TPSA) is 64.7 Å². The summed E-state index contributed by atoms with van der Waals surface area (Å²) in [6.07, 6.45) is 0.249. The molecule has 1 unspecified atom stereocenters. The summed E-state index contributed by atoms with van der Waals surface area (Å²) in [5, 5.41) is 6.04. The Labute approximate surface area is 141 Å². The molecule has 130 valence electrons. The van der Waals surface area contributed by atoms with E-state index in [1.807, 2.05) is 11.0 Å². The van der Waals surface area contributed by atoms with E-state index >= 15 is 0 Å². The van der Waals surface area contributed by atoms with Gasteiger partial charge in [-0.2, -0.15) is 0 Å². The van der Waals surface area contributed by atoms with E-state index in [4.69, 9.17) is 0 Å². The molecule has 2 heterocycles. The van der Waals surface area contributed by atoms with Gasteiger partial charge >= 0.3 is 0 Å². The molecule has 7 heteroatoms. The lowest BCUT2D eigenvalue weighted by atomic mass is 10.1. The summed E-state index contributed by atoms with van der Waals surface area (Å²) in [4.78, 5) is 27.2. The molecule has 1 aromatic carbocycles. The van der Waals surface area contributed by atoms with Crippen LogP contribution in [0.3, 0.4) is 0 Å². The highest BCUT2D eigenvalue weighted by atomic mass is 19.1. The molecule has 2 aliphatic rings. The van der Waals surface area contributed by atoms with Crippen molar-refractivity contribution < 1.29 is 14.0 Å². The van der Waals surface area contributed by atoms with Crippen LogP contribution in [0.15, 0.2) is 18.2 Å². The molecule has 2 saturated heterocycles. The zero-order valence-electron chi connectivity index (χ0n) is 13.8. The first kappa shape index (κ1) is 16.7. The zero-order valence-corrected chi connectivity index (χ0v) is 13.8. The van der Waals surface area contributed by atoms with Crippen molar-refractivity contribution in [1.29, 1.82) is 0 Å². The van der Waals surface area contributed by atoms with Crippen molar-refractivity contribution in [2.75, 3.05) is 44.7 Å². The van der Waals surface area contributed by atoms with Crippen molar-refractivity contribution in [1.82, 2.24) is 15.5 Å². The molecule has 0 bridgehead atoms. The highest BCUT2D eigenvalue weighted by Crippen LogP contribution is 2.21. The standard InChI is InChI=1S/C17H23FN4O2/c1-21-11-13(9-16(21)23)17(24)20-10-12-2-3-15(14(18)8-12)22-6-4-19-5-7-22/h2-3,8,13,19H,4-7,9-11H2,1H3,(H,20,24). The lowest BCUT2D eigenvalue weighted by Gasteiger charge is -2.29. The van der Waals surface area contributed by atoms with E-state index in [1.54, 1.807) is 18.0 Å². The van der Waals surface area contributed by atoms with Crippen molar-refractivity contribution in [3.05, 3.63) is 29.6 Å².